The zero-order valence-electron chi connectivity index (χ0n) is 25.1. The monoisotopic (exact) mass is 674 g/mol. The summed E-state index contributed by atoms with van der Waals surface area (Å²) in [5.41, 5.74) is 0.934. The molecule has 47 heavy (non-hydrogen) atoms. The highest BCUT2D eigenvalue weighted by Crippen LogP contribution is 2.26. The molecule has 2 aliphatic heterocycles. The first kappa shape index (κ1) is 35.1. The van der Waals surface area contributed by atoms with E-state index in [1.165, 1.54) is 58.3 Å². The second kappa shape index (κ2) is 16.7. The number of non-ortho nitro benzene ring substituents is 2. The highest BCUT2D eigenvalue weighted by atomic mass is 32.1. The summed E-state index contributed by atoms with van der Waals surface area (Å²) in [6.07, 6.45) is -1.21. The van der Waals surface area contributed by atoms with Gasteiger partial charge in [0.25, 0.3) is 11.4 Å². The fraction of sp³-hybridized carbons (Fsp3) is 0.448. The van der Waals surface area contributed by atoms with E-state index in [4.69, 9.17) is 14.2 Å². The Labute approximate surface area is 274 Å². The number of nitrogens with zero attached hydrogens (tertiary/aromatic N) is 4. The predicted octanol–water partition coefficient (Wildman–Crippen LogP) is 1.82. The van der Waals surface area contributed by atoms with Gasteiger partial charge >= 0.3 is 12.2 Å². The lowest BCUT2D eigenvalue weighted by Crippen LogP contribution is -2.61. The van der Waals surface area contributed by atoms with Gasteiger partial charge < -0.3 is 29.7 Å². The number of alkyl carbamates (subject to hydrolysis) is 1. The van der Waals surface area contributed by atoms with Gasteiger partial charge in [0.05, 0.1) is 16.5 Å². The van der Waals surface area contributed by atoms with E-state index in [0.717, 1.165) is 0 Å². The molecule has 252 valence electrons. The van der Waals surface area contributed by atoms with Gasteiger partial charge in [-0.3, -0.25) is 34.7 Å². The first-order chi connectivity index (χ1) is 22.5. The summed E-state index contributed by atoms with van der Waals surface area (Å²) in [4.78, 5) is 74.9. The predicted molar refractivity (Wildman–Crippen MR) is 167 cm³/mol. The fourth-order valence-electron chi connectivity index (χ4n) is 5.05. The number of ketones is 1. The molecule has 0 saturated carbocycles. The number of benzene rings is 2. The summed E-state index contributed by atoms with van der Waals surface area (Å²) in [6.45, 7) is 0.510. The number of hydrogen-bond donors (Lipinski definition) is 3. The van der Waals surface area contributed by atoms with Gasteiger partial charge in [0.2, 0.25) is 5.91 Å². The number of nitrogens with one attached hydrogen (secondary N) is 2. The molecule has 0 aromatic heterocycles. The Bertz CT molecular complexity index is 1460. The molecule has 2 aliphatic rings. The molecule has 0 aliphatic carbocycles. The molecule has 2 aromatic carbocycles. The molecule has 2 heterocycles. The van der Waals surface area contributed by atoms with Crippen LogP contribution in [0.4, 0.5) is 21.0 Å². The van der Waals surface area contributed by atoms with Gasteiger partial charge in [0.15, 0.2) is 5.78 Å². The van der Waals surface area contributed by atoms with Crippen LogP contribution in [0.15, 0.2) is 48.5 Å². The number of amides is 3. The second-order valence-electron chi connectivity index (χ2n) is 10.7. The van der Waals surface area contributed by atoms with Crippen molar-refractivity contribution in [1.29, 1.82) is 0 Å². The van der Waals surface area contributed by atoms with Crippen molar-refractivity contribution in [2.45, 2.75) is 37.0 Å². The molecule has 0 radical (unpaired) electrons. The lowest BCUT2D eigenvalue weighted by Gasteiger charge is -2.38. The number of Topliss-reactive ketones (excluding diaryl/α,β-unsaturated/α-hetero) is 1. The average Bonchev–Trinajstić information content (AvgIpc) is 3.47. The maximum absolute atomic E-state index is 13.7. The van der Waals surface area contributed by atoms with Gasteiger partial charge in [-0.25, -0.2) is 9.59 Å². The van der Waals surface area contributed by atoms with Gasteiger partial charge in [-0.2, -0.15) is 12.6 Å². The quantitative estimate of drug-likeness (QED) is 0.120. The van der Waals surface area contributed by atoms with Crippen LogP contribution in [0.2, 0.25) is 0 Å². The highest BCUT2D eigenvalue weighted by molar-refractivity contribution is 7.81. The smallest absolute Gasteiger partial charge is 0.410 e. The van der Waals surface area contributed by atoms with Crippen LogP contribution in [-0.2, 0) is 37.0 Å². The van der Waals surface area contributed by atoms with Gasteiger partial charge in [0.1, 0.15) is 31.9 Å². The Morgan fingerprint density at radius 2 is 1.49 bits per heavy atom. The topological polar surface area (TPSA) is 213 Å². The van der Waals surface area contributed by atoms with Gasteiger partial charge in [0, 0.05) is 62.2 Å². The maximum atomic E-state index is 13.7. The third-order valence-electron chi connectivity index (χ3n) is 7.48. The molecule has 3 amide bonds. The van der Waals surface area contributed by atoms with Crippen molar-refractivity contribution in [2.75, 3.05) is 45.9 Å². The molecule has 2 aromatic rings. The molecule has 2 saturated heterocycles. The van der Waals surface area contributed by atoms with Crippen molar-refractivity contribution in [3.05, 3.63) is 79.9 Å². The Morgan fingerprint density at radius 1 is 0.894 bits per heavy atom. The summed E-state index contributed by atoms with van der Waals surface area (Å²) >= 11 is 4.47. The first-order valence-electron chi connectivity index (χ1n) is 14.6. The summed E-state index contributed by atoms with van der Waals surface area (Å²) in [5, 5.41) is 26.9. The number of piperazine rings is 1. The molecule has 18 heteroatoms. The molecule has 17 nitrogen and oxygen atoms in total. The zero-order chi connectivity index (χ0) is 33.9. The van der Waals surface area contributed by atoms with Crippen LogP contribution in [0.25, 0.3) is 0 Å². The average molecular weight is 675 g/mol. The molecule has 2 N–H and O–H groups in total. The number of thiol groups is 1. The summed E-state index contributed by atoms with van der Waals surface area (Å²) < 4.78 is 15.9. The number of rotatable bonds is 13. The largest absolute Gasteiger partial charge is 0.445 e. The highest BCUT2D eigenvalue weighted by Gasteiger charge is 2.44. The number of hydrogen-bond acceptors (Lipinski definition) is 13. The summed E-state index contributed by atoms with van der Waals surface area (Å²) in [7, 11) is 0. The van der Waals surface area contributed by atoms with Crippen LogP contribution in [0.5, 0.6) is 0 Å². The van der Waals surface area contributed by atoms with Crippen LogP contribution < -0.4 is 10.6 Å². The van der Waals surface area contributed by atoms with Crippen molar-refractivity contribution in [3.8, 4) is 0 Å². The minimum atomic E-state index is -0.891. The number of ether oxygens (including phenoxy) is 3. The minimum absolute atomic E-state index is 0.00912. The third kappa shape index (κ3) is 9.84. The van der Waals surface area contributed by atoms with Crippen LogP contribution in [-0.4, -0.2) is 107 Å². The van der Waals surface area contributed by atoms with Crippen LogP contribution in [0.1, 0.15) is 17.5 Å². The molecule has 0 bridgehead atoms. The lowest BCUT2D eigenvalue weighted by atomic mass is 10.1. The molecule has 0 spiro atoms. The Kier molecular flexibility index (Phi) is 12.4. The van der Waals surface area contributed by atoms with E-state index in [1.807, 2.05) is 0 Å². The van der Waals surface area contributed by atoms with E-state index in [9.17, 15) is 39.4 Å². The van der Waals surface area contributed by atoms with Crippen molar-refractivity contribution >= 4 is 47.9 Å². The van der Waals surface area contributed by atoms with E-state index < -0.39 is 40.0 Å². The van der Waals surface area contributed by atoms with E-state index in [1.54, 1.807) is 0 Å². The normalized spacial score (nSPS) is 19.1. The standard InChI is InChI=1S/C29H34N6O11S/c36-26(18-44-12-10-31-28(38)45-16-19-1-5-21(6-2-19)34(40)41)25-14-30-9-11-32(25)27(37)24-13-23(47)15-33(24)29(39)46-17-20-3-7-22(8-4-20)35(42)43/h1-8,23-25,30,47H,9-18H2,(H,31,38)/t23-,24-,25-/m0/s1. The fourth-order valence-corrected chi connectivity index (χ4v) is 5.42. The van der Waals surface area contributed by atoms with Crippen molar-refractivity contribution in [2.24, 2.45) is 0 Å². The number of carbonyl (C=O) groups excluding carboxylic acids is 4. The number of nitro groups is 2. The molecular formula is C29H34N6O11S. The number of nitro benzene ring substituents is 2. The number of carbonyl (C=O) groups is 4. The third-order valence-corrected chi connectivity index (χ3v) is 7.86. The van der Waals surface area contributed by atoms with Gasteiger partial charge in [-0.1, -0.05) is 0 Å². The van der Waals surface area contributed by atoms with Gasteiger partial charge in [-0.05, 0) is 41.8 Å². The summed E-state index contributed by atoms with van der Waals surface area (Å²) in [6, 6.07) is 9.39. The second-order valence-corrected chi connectivity index (χ2v) is 11.5. The van der Waals surface area contributed by atoms with E-state index in [0.29, 0.717) is 17.7 Å². The van der Waals surface area contributed by atoms with E-state index >= 15 is 0 Å². The molecular weight excluding hydrogens is 640 g/mol. The van der Waals surface area contributed by atoms with Crippen molar-refractivity contribution in [1.82, 2.24) is 20.4 Å². The SMILES string of the molecule is O=C(NCCOCC(=O)[C@@H]1CNCCN1C(=O)[C@@H]1C[C@H](S)CN1C(=O)OCc1ccc([N+](=O)[O-])cc1)OCc1ccc([N+](=O)[O-])cc1. The van der Waals surface area contributed by atoms with Gasteiger partial charge in [-0.15, -0.1) is 0 Å². The molecule has 4 rings (SSSR count). The van der Waals surface area contributed by atoms with E-state index in [-0.39, 0.29) is 81.4 Å². The first-order valence-corrected chi connectivity index (χ1v) is 15.2. The van der Waals surface area contributed by atoms with E-state index in [2.05, 4.69) is 23.3 Å². The molecule has 0 unspecified atom stereocenters. The molecule has 2 fully saturated rings. The summed E-state index contributed by atoms with van der Waals surface area (Å²) in [5.74, 6) is -0.773. The van der Waals surface area contributed by atoms with Crippen LogP contribution >= 0.6 is 12.6 Å². The van der Waals surface area contributed by atoms with Crippen LogP contribution in [0, 0.1) is 20.2 Å². The lowest BCUT2D eigenvalue weighted by molar-refractivity contribution is -0.385. The zero-order valence-corrected chi connectivity index (χ0v) is 26.0. The Hall–Kier alpha value is -4.81. The maximum Gasteiger partial charge on any atom is 0.410 e. The molecule has 3 atom stereocenters. The van der Waals surface area contributed by atoms with Crippen LogP contribution in [0.3, 0.4) is 0 Å². The number of likely N-dealkylation sites (tertiary alicyclic amines) is 1. The van der Waals surface area contributed by atoms with Crippen molar-refractivity contribution < 1.29 is 43.2 Å². The van der Waals surface area contributed by atoms with Crippen molar-refractivity contribution in [3.63, 3.8) is 0 Å². The Balaban J connectivity index is 1.22. The Morgan fingerprint density at radius 3 is 2.09 bits per heavy atom. The minimum Gasteiger partial charge on any atom is -0.445 e.